The summed E-state index contributed by atoms with van der Waals surface area (Å²) >= 11 is 6.10. The molecule has 3 heterocycles. The number of aliphatic hydroxyl groups excluding tert-OH is 1. The molecule has 5 rings (SSSR count). The molecule has 1 aliphatic carbocycles. The fourth-order valence-electron chi connectivity index (χ4n) is 4.42. The normalized spacial score (nSPS) is 18.8. The first kappa shape index (κ1) is 26.0. The van der Waals surface area contributed by atoms with E-state index in [1.807, 2.05) is 5.32 Å². The molecule has 1 amide bonds. The van der Waals surface area contributed by atoms with Gasteiger partial charge in [-0.2, -0.15) is 13.2 Å². The van der Waals surface area contributed by atoms with Gasteiger partial charge in [0.15, 0.2) is 17.2 Å². The molecule has 3 aromatic rings. The number of carbonyl (C=O) groups excluding carboxylic acids is 2. The van der Waals surface area contributed by atoms with Crippen molar-refractivity contribution in [2.24, 2.45) is 5.92 Å². The van der Waals surface area contributed by atoms with Crippen LogP contribution in [0, 0.1) is 17.6 Å². The van der Waals surface area contributed by atoms with E-state index >= 15 is 0 Å². The third-order valence-corrected chi connectivity index (χ3v) is 6.76. The van der Waals surface area contributed by atoms with E-state index in [1.165, 1.54) is 17.0 Å². The Kier molecular flexibility index (Phi) is 6.38. The number of carbonyl (C=O) groups is 2. The number of benzene rings is 1. The van der Waals surface area contributed by atoms with Crippen molar-refractivity contribution in [3.63, 3.8) is 0 Å². The van der Waals surface area contributed by atoms with E-state index in [1.54, 1.807) is 0 Å². The maximum atomic E-state index is 15.0. The zero-order valence-corrected chi connectivity index (χ0v) is 20.0. The number of rotatable bonds is 5. The first-order valence-corrected chi connectivity index (χ1v) is 11.8. The monoisotopic (exact) mass is 556 g/mol. The Hall–Kier alpha value is -3.58. The lowest BCUT2D eigenvalue weighted by atomic mass is 10.1. The minimum absolute atomic E-state index is 0.103. The number of halogens is 6. The summed E-state index contributed by atoms with van der Waals surface area (Å²) in [4.78, 5) is 43.7. The van der Waals surface area contributed by atoms with E-state index in [0.717, 1.165) is 16.8 Å². The van der Waals surface area contributed by atoms with E-state index in [9.17, 15) is 41.4 Å². The second-order valence-electron chi connectivity index (χ2n) is 9.19. The van der Waals surface area contributed by atoms with Gasteiger partial charge in [-0.3, -0.25) is 19.0 Å². The summed E-state index contributed by atoms with van der Waals surface area (Å²) in [6.07, 6.45) is -4.72. The predicted molar refractivity (Wildman–Crippen MR) is 126 cm³/mol. The Morgan fingerprint density at radius 1 is 1.18 bits per heavy atom. The molecule has 2 aliphatic rings. The molecule has 0 unspecified atom stereocenters. The van der Waals surface area contributed by atoms with Crippen LogP contribution in [0.5, 0.6) is 0 Å². The molecule has 1 saturated carbocycles. The van der Waals surface area contributed by atoms with Gasteiger partial charge in [0.1, 0.15) is 35.0 Å². The fourth-order valence-corrected chi connectivity index (χ4v) is 4.71. The van der Waals surface area contributed by atoms with Gasteiger partial charge >= 0.3 is 6.18 Å². The average Bonchev–Trinajstić information content (AvgIpc) is 3.61. The molecule has 2 atom stereocenters. The minimum Gasteiger partial charge on any atom is -0.383 e. The number of hydrogen-bond donors (Lipinski definition) is 2. The van der Waals surface area contributed by atoms with Crippen LogP contribution >= 0.6 is 11.6 Å². The number of nitrogens with one attached hydrogen (secondary N) is 1. The number of ketones is 1. The van der Waals surface area contributed by atoms with Gasteiger partial charge in [0.05, 0.1) is 23.5 Å². The number of fused-ring (bicyclic) bond motifs is 1. The molecule has 2 fully saturated rings. The molecule has 38 heavy (non-hydrogen) atoms. The molecule has 200 valence electrons. The Bertz CT molecular complexity index is 1520. The molecule has 0 radical (unpaired) electrons. The van der Waals surface area contributed by atoms with E-state index < -0.39 is 69.3 Å². The van der Waals surface area contributed by atoms with Gasteiger partial charge in [0.2, 0.25) is 5.43 Å². The number of nitrogens with zero attached hydrogens (tertiary/aromatic N) is 3. The van der Waals surface area contributed by atoms with Gasteiger partial charge in [-0.25, -0.2) is 13.8 Å². The zero-order chi connectivity index (χ0) is 27.5. The van der Waals surface area contributed by atoms with Crippen LogP contribution in [0.4, 0.5) is 27.8 Å². The average molecular weight is 557 g/mol. The van der Waals surface area contributed by atoms with Crippen LogP contribution in [-0.2, 0) is 4.79 Å². The topological polar surface area (TPSA) is 105 Å². The number of amides is 1. The number of pyridine rings is 2. The van der Waals surface area contributed by atoms with Crippen molar-refractivity contribution in [1.29, 1.82) is 0 Å². The lowest BCUT2D eigenvalue weighted by Crippen LogP contribution is -2.48. The van der Waals surface area contributed by atoms with Crippen LogP contribution < -0.4 is 15.6 Å². The number of alkyl halides is 3. The summed E-state index contributed by atoms with van der Waals surface area (Å²) in [7, 11) is 0. The van der Waals surface area contributed by atoms with Crippen molar-refractivity contribution < 1.29 is 36.6 Å². The largest absolute Gasteiger partial charge is 0.408 e. The Balaban J connectivity index is 1.69. The van der Waals surface area contributed by atoms with Gasteiger partial charge in [-0.05, 0) is 37.0 Å². The highest BCUT2D eigenvalue weighted by Gasteiger charge is 2.50. The number of aliphatic hydroxyl groups is 1. The molecule has 14 heteroatoms. The van der Waals surface area contributed by atoms with Crippen molar-refractivity contribution in [3.8, 4) is 5.69 Å². The molecule has 0 spiro atoms. The quantitative estimate of drug-likeness (QED) is 0.468. The fraction of sp³-hybridized carbons (Fsp3) is 0.333. The summed E-state index contributed by atoms with van der Waals surface area (Å²) < 4.78 is 70.1. The summed E-state index contributed by atoms with van der Waals surface area (Å²) in [5.74, 6) is -4.74. The molecule has 8 nitrogen and oxygen atoms in total. The van der Waals surface area contributed by atoms with Crippen molar-refractivity contribution in [2.45, 2.75) is 31.2 Å². The summed E-state index contributed by atoms with van der Waals surface area (Å²) in [6.45, 7) is -0.302. The van der Waals surface area contributed by atoms with Crippen LogP contribution in [0.15, 0.2) is 35.3 Å². The number of Topliss-reactive ketones (excluding diaryl/α,β-unsaturated/α-hetero) is 1. The van der Waals surface area contributed by atoms with Gasteiger partial charge in [-0.1, -0.05) is 11.6 Å². The third kappa shape index (κ3) is 4.71. The van der Waals surface area contributed by atoms with Crippen LogP contribution in [0.25, 0.3) is 16.7 Å². The zero-order valence-electron chi connectivity index (χ0n) is 19.2. The highest BCUT2D eigenvalue weighted by molar-refractivity contribution is 6.32. The standard InChI is InChI=1S/C24H18ClF5N4O4/c25-14-5-11(26)6-15(27)19(14)34-7-13(23(38)32-21(10-1-2-10)24(28,29)30)20(37)12-3-4-18(31-22(12)34)33-8-16(35)17(36)9-33/h3-7,10,16,21,35H,1-2,8-9H2,(H,32,38)/t16-,21+/m1/s1. The van der Waals surface area contributed by atoms with Crippen LogP contribution in [0.3, 0.4) is 0 Å². The maximum absolute atomic E-state index is 15.0. The van der Waals surface area contributed by atoms with Crippen molar-refractivity contribution in [3.05, 3.63) is 62.9 Å². The Morgan fingerprint density at radius 3 is 2.47 bits per heavy atom. The van der Waals surface area contributed by atoms with E-state index in [4.69, 9.17) is 11.6 Å². The van der Waals surface area contributed by atoms with E-state index in [-0.39, 0.29) is 42.8 Å². The molecular weight excluding hydrogens is 539 g/mol. The van der Waals surface area contributed by atoms with Crippen LogP contribution in [0.2, 0.25) is 5.02 Å². The summed E-state index contributed by atoms with van der Waals surface area (Å²) in [5, 5.41) is 10.9. The molecule has 2 N–H and O–H groups in total. The third-order valence-electron chi connectivity index (χ3n) is 6.47. The van der Waals surface area contributed by atoms with Crippen molar-refractivity contribution in [1.82, 2.24) is 14.9 Å². The Morgan fingerprint density at radius 2 is 1.89 bits per heavy atom. The van der Waals surface area contributed by atoms with Crippen molar-refractivity contribution in [2.75, 3.05) is 18.0 Å². The molecular formula is C24H18ClF5N4O4. The molecule has 2 aromatic heterocycles. The van der Waals surface area contributed by atoms with Crippen LogP contribution in [-0.4, -0.2) is 57.8 Å². The van der Waals surface area contributed by atoms with Crippen LogP contribution in [0.1, 0.15) is 23.2 Å². The predicted octanol–water partition coefficient (Wildman–Crippen LogP) is 3.14. The van der Waals surface area contributed by atoms with Gasteiger partial charge in [-0.15, -0.1) is 0 Å². The number of anilines is 1. The number of β-amino-alcohol motifs (C(OH)–C–C–N with tert-alkyl or cyclic N) is 1. The first-order chi connectivity index (χ1) is 17.8. The lowest BCUT2D eigenvalue weighted by molar-refractivity contribution is -0.158. The SMILES string of the molecule is O=C(N[C@@H](C1CC1)C(F)(F)F)c1cn(-c2c(F)cc(F)cc2Cl)c2nc(N3CC(=O)[C@H](O)C3)ccc2c1=O. The lowest BCUT2D eigenvalue weighted by Gasteiger charge is -2.22. The maximum Gasteiger partial charge on any atom is 0.408 e. The number of aromatic nitrogens is 2. The van der Waals surface area contributed by atoms with Gasteiger partial charge in [0, 0.05) is 12.3 Å². The minimum atomic E-state index is -4.76. The summed E-state index contributed by atoms with van der Waals surface area (Å²) in [5.41, 5.74) is -2.50. The molecule has 1 aromatic carbocycles. The van der Waals surface area contributed by atoms with E-state index in [2.05, 4.69) is 4.98 Å². The second kappa shape index (κ2) is 9.31. The van der Waals surface area contributed by atoms with E-state index in [0.29, 0.717) is 6.07 Å². The molecule has 1 saturated heterocycles. The number of hydrogen-bond acceptors (Lipinski definition) is 6. The van der Waals surface area contributed by atoms with Crippen molar-refractivity contribution >= 4 is 40.1 Å². The second-order valence-corrected chi connectivity index (χ2v) is 9.60. The highest BCUT2D eigenvalue weighted by Crippen LogP contribution is 2.40. The highest BCUT2D eigenvalue weighted by atomic mass is 35.5. The molecule has 0 bridgehead atoms. The first-order valence-electron chi connectivity index (χ1n) is 11.4. The smallest absolute Gasteiger partial charge is 0.383 e. The molecule has 1 aliphatic heterocycles. The Labute approximate surface area is 215 Å². The summed E-state index contributed by atoms with van der Waals surface area (Å²) in [6, 6.07) is 1.61. The van der Waals surface area contributed by atoms with Gasteiger partial charge in [0.25, 0.3) is 5.91 Å². The van der Waals surface area contributed by atoms with Gasteiger partial charge < -0.3 is 15.3 Å².